The van der Waals surface area contributed by atoms with Crippen LogP contribution < -0.4 is 5.32 Å². The zero-order valence-electron chi connectivity index (χ0n) is 13.7. The predicted octanol–water partition coefficient (Wildman–Crippen LogP) is 1.56. The molecule has 2 fully saturated rings. The zero-order valence-corrected chi connectivity index (χ0v) is 13.7. The Labute approximate surface area is 128 Å². The van der Waals surface area contributed by atoms with Gasteiger partial charge in [0.15, 0.2) is 0 Å². The molecule has 0 radical (unpaired) electrons. The molecule has 21 heavy (non-hydrogen) atoms. The number of esters is 1. The van der Waals surface area contributed by atoms with Crippen molar-refractivity contribution in [2.45, 2.75) is 64.1 Å². The highest BCUT2D eigenvalue weighted by Gasteiger charge is 2.41. The number of likely N-dealkylation sites (tertiary alicyclic amines) is 1. The average molecular weight is 298 g/mol. The highest BCUT2D eigenvalue weighted by molar-refractivity contribution is 5.80. The minimum Gasteiger partial charge on any atom is -0.465 e. The summed E-state index contributed by atoms with van der Waals surface area (Å²) in [7, 11) is 0. The van der Waals surface area contributed by atoms with Crippen LogP contribution in [-0.4, -0.2) is 61.4 Å². The standard InChI is InChI=1S/C16H30N2O3/c1-4-20-14-8-10-18(11-9-14)12-16(3,15(19)21-5-2)17-13-6-7-13/h13-14,17H,4-12H2,1-3H3. The molecule has 2 aliphatic rings. The third-order valence-electron chi connectivity index (χ3n) is 4.30. The molecular formula is C16H30N2O3. The minimum atomic E-state index is -0.588. The van der Waals surface area contributed by atoms with E-state index in [1.165, 1.54) is 12.8 Å². The van der Waals surface area contributed by atoms with Gasteiger partial charge in [-0.15, -0.1) is 0 Å². The van der Waals surface area contributed by atoms with Gasteiger partial charge in [0, 0.05) is 32.3 Å². The second-order valence-corrected chi connectivity index (χ2v) is 6.40. The van der Waals surface area contributed by atoms with Crippen molar-refractivity contribution in [3.63, 3.8) is 0 Å². The van der Waals surface area contributed by atoms with Gasteiger partial charge < -0.3 is 14.4 Å². The number of carbonyl (C=O) groups is 1. The molecule has 5 heteroatoms. The largest absolute Gasteiger partial charge is 0.465 e. The summed E-state index contributed by atoms with van der Waals surface area (Å²) in [5.74, 6) is -0.121. The van der Waals surface area contributed by atoms with Crippen LogP contribution in [0.3, 0.4) is 0 Å². The van der Waals surface area contributed by atoms with E-state index in [-0.39, 0.29) is 5.97 Å². The van der Waals surface area contributed by atoms with Gasteiger partial charge in [-0.1, -0.05) is 0 Å². The maximum Gasteiger partial charge on any atom is 0.327 e. The van der Waals surface area contributed by atoms with Gasteiger partial charge in [-0.05, 0) is 46.5 Å². The summed E-state index contributed by atoms with van der Waals surface area (Å²) < 4.78 is 11.0. The number of nitrogens with one attached hydrogen (secondary N) is 1. The lowest BCUT2D eigenvalue weighted by Crippen LogP contribution is -2.59. The number of ether oxygens (including phenoxy) is 2. The SMILES string of the molecule is CCOC(=O)C(C)(CN1CCC(OCC)CC1)NC1CC1. The monoisotopic (exact) mass is 298 g/mol. The van der Waals surface area contributed by atoms with E-state index in [0.29, 0.717) is 18.8 Å². The van der Waals surface area contributed by atoms with Gasteiger partial charge in [-0.3, -0.25) is 10.1 Å². The van der Waals surface area contributed by atoms with Crippen molar-refractivity contribution in [2.75, 3.05) is 32.8 Å². The Hall–Kier alpha value is -0.650. The number of hydrogen-bond donors (Lipinski definition) is 1. The summed E-state index contributed by atoms with van der Waals surface area (Å²) in [5.41, 5.74) is -0.588. The maximum absolute atomic E-state index is 12.3. The van der Waals surface area contributed by atoms with E-state index in [9.17, 15) is 4.79 Å². The van der Waals surface area contributed by atoms with Crippen molar-refractivity contribution in [1.82, 2.24) is 10.2 Å². The lowest BCUT2D eigenvalue weighted by Gasteiger charge is -2.38. The summed E-state index contributed by atoms with van der Waals surface area (Å²) in [4.78, 5) is 14.7. The van der Waals surface area contributed by atoms with Gasteiger partial charge >= 0.3 is 5.97 Å². The summed E-state index contributed by atoms with van der Waals surface area (Å²) >= 11 is 0. The molecule has 0 amide bonds. The number of hydrogen-bond acceptors (Lipinski definition) is 5. The van der Waals surface area contributed by atoms with Gasteiger partial charge in [-0.25, -0.2) is 0 Å². The van der Waals surface area contributed by atoms with Crippen LogP contribution in [0.2, 0.25) is 0 Å². The van der Waals surface area contributed by atoms with Gasteiger partial charge in [0.25, 0.3) is 0 Å². The molecule has 0 aromatic carbocycles. The summed E-state index contributed by atoms with van der Waals surface area (Å²) in [5, 5.41) is 3.49. The third kappa shape index (κ3) is 4.94. The first-order chi connectivity index (χ1) is 10.1. The van der Waals surface area contributed by atoms with Gasteiger partial charge in [0.05, 0.1) is 12.7 Å². The normalized spacial score (nSPS) is 23.8. The fraction of sp³-hybridized carbons (Fsp3) is 0.938. The van der Waals surface area contributed by atoms with Crippen molar-refractivity contribution >= 4 is 5.97 Å². The molecule has 1 atom stereocenters. The fourth-order valence-corrected chi connectivity index (χ4v) is 3.05. The Balaban J connectivity index is 1.88. The van der Waals surface area contributed by atoms with Crippen LogP contribution in [0.4, 0.5) is 0 Å². The third-order valence-corrected chi connectivity index (χ3v) is 4.30. The summed E-state index contributed by atoms with van der Waals surface area (Å²) in [6.45, 7) is 9.82. The fourth-order valence-electron chi connectivity index (χ4n) is 3.05. The Bertz CT molecular complexity index is 338. The van der Waals surface area contributed by atoms with Crippen LogP contribution in [0.15, 0.2) is 0 Å². The second kappa shape index (κ2) is 7.56. The van der Waals surface area contributed by atoms with Gasteiger partial charge in [0.2, 0.25) is 0 Å². The first-order valence-corrected chi connectivity index (χ1v) is 8.36. The van der Waals surface area contributed by atoms with Crippen LogP contribution in [0.25, 0.3) is 0 Å². The van der Waals surface area contributed by atoms with E-state index in [1.807, 2.05) is 20.8 Å². The molecule has 1 aliphatic heterocycles. The molecule has 122 valence electrons. The summed E-state index contributed by atoms with van der Waals surface area (Å²) in [6.07, 6.45) is 4.83. The average Bonchev–Trinajstić information content (AvgIpc) is 3.25. The van der Waals surface area contributed by atoms with Crippen molar-refractivity contribution in [3.8, 4) is 0 Å². The molecular weight excluding hydrogens is 268 g/mol. The maximum atomic E-state index is 12.3. The van der Waals surface area contributed by atoms with Crippen LogP contribution in [0.5, 0.6) is 0 Å². The quantitative estimate of drug-likeness (QED) is 0.689. The summed E-state index contributed by atoms with van der Waals surface area (Å²) in [6, 6.07) is 0.486. The molecule has 0 spiro atoms. The number of carbonyl (C=O) groups excluding carboxylic acids is 1. The molecule has 0 bridgehead atoms. The zero-order chi connectivity index (χ0) is 15.3. The van der Waals surface area contributed by atoms with E-state index in [0.717, 1.165) is 39.1 Å². The lowest BCUT2D eigenvalue weighted by atomic mass is 9.99. The molecule has 0 aromatic heterocycles. The molecule has 1 saturated carbocycles. The van der Waals surface area contributed by atoms with E-state index in [2.05, 4.69) is 10.2 Å². The van der Waals surface area contributed by atoms with E-state index in [1.54, 1.807) is 0 Å². The molecule has 1 N–H and O–H groups in total. The van der Waals surface area contributed by atoms with Crippen LogP contribution in [0, 0.1) is 0 Å². The second-order valence-electron chi connectivity index (χ2n) is 6.40. The highest BCUT2D eigenvalue weighted by Crippen LogP contribution is 2.25. The van der Waals surface area contributed by atoms with Gasteiger partial charge in [-0.2, -0.15) is 0 Å². The number of rotatable bonds is 8. The van der Waals surface area contributed by atoms with Crippen molar-refractivity contribution in [1.29, 1.82) is 0 Å². The smallest absolute Gasteiger partial charge is 0.327 e. The van der Waals surface area contributed by atoms with Crippen molar-refractivity contribution in [3.05, 3.63) is 0 Å². The molecule has 1 aliphatic carbocycles. The Morgan fingerprint density at radius 2 is 1.86 bits per heavy atom. The first-order valence-electron chi connectivity index (χ1n) is 8.36. The molecule has 2 rings (SSSR count). The van der Waals surface area contributed by atoms with E-state index < -0.39 is 5.54 Å². The molecule has 5 nitrogen and oxygen atoms in total. The highest BCUT2D eigenvalue weighted by atomic mass is 16.5. The van der Waals surface area contributed by atoms with Crippen LogP contribution in [0.1, 0.15) is 46.5 Å². The van der Waals surface area contributed by atoms with Crippen molar-refractivity contribution in [2.24, 2.45) is 0 Å². The molecule has 0 aromatic rings. The minimum absolute atomic E-state index is 0.121. The predicted molar refractivity (Wildman–Crippen MR) is 82.3 cm³/mol. The van der Waals surface area contributed by atoms with E-state index in [4.69, 9.17) is 9.47 Å². The Morgan fingerprint density at radius 3 is 2.38 bits per heavy atom. The topological polar surface area (TPSA) is 50.8 Å². The van der Waals surface area contributed by atoms with Crippen LogP contribution >= 0.6 is 0 Å². The van der Waals surface area contributed by atoms with Crippen LogP contribution in [-0.2, 0) is 14.3 Å². The molecule has 1 saturated heterocycles. The van der Waals surface area contributed by atoms with Crippen molar-refractivity contribution < 1.29 is 14.3 Å². The number of piperidine rings is 1. The molecule has 1 unspecified atom stereocenters. The van der Waals surface area contributed by atoms with E-state index >= 15 is 0 Å². The first kappa shape index (κ1) is 16.7. The Morgan fingerprint density at radius 1 is 1.19 bits per heavy atom. The Kier molecular flexibility index (Phi) is 6.02. The van der Waals surface area contributed by atoms with Gasteiger partial charge in [0.1, 0.15) is 5.54 Å². The number of nitrogens with zero attached hydrogens (tertiary/aromatic N) is 1. The lowest BCUT2D eigenvalue weighted by molar-refractivity contribution is -0.151. The molecule has 1 heterocycles.